The molecule has 1 atom stereocenters. The second-order valence-electron chi connectivity index (χ2n) is 4.89. The molecule has 1 aromatic heterocycles. The number of phenolic OH excluding ortho intramolecular Hbond substituents is 1. The van der Waals surface area contributed by atoms with Gasteiger partial charge in [0.1, 0.15) is 23.2 Å². The van der Waals surface area contributed by atoms with E-state index in [0.29, 0.717) is 22.1 Å². The van der Waals surface area contributed by atoms with Crippen LogP contribution in [0.15, 0.2) is 52.9 Å². The van der Waals surface area contributed by atoms with Crippen LogP contribution in [0.5, 0.6) is 5.75 Å². The minimum absolute atomic E-state index is 0.0966. The summed E-state index contributed by atoms with van der Waals surface area (Å²) in [6.45, 7) is 1.56. The number of aliphatic hydroxyl groups is 1. The molecule has 0 aliphatic carbocycles. The van der Waals surface area contributed by atoms with Crippen LogP contribution in [0.25, 0.3) is 11.0 Å². The Hall–Kier alpha value is -2.59. The van der Waals surface area contributed by atoms with Crippen LogP contribution >= 0.6 is 0 Å². The SMILES string of the molecule is CC(O)c1oc2ccccc2c1C(=O)c1ccc(O)cc1. The fourth-order valence-corrected chi connectivity index (χ4v) is 2.35. The van der Waals surface area contributed by atoms with E-state index in [1.807, 2.05) is 12.1 Å². The van der Waals surface area contributed by atoms with E-state index in [-0.39, 0.29) is 17.3 Å². The Labute approximate surface area is 121 Å². The summed E-state index contributed by atoms with van der Waals surface area (Å²) in [5.74, 6) is 0.115. The third kappa shape index (κ3) is 2.30. The number of ketones is 1. The Kier molecular flexibility index (Phi) is 3.23. The Balaban J connectivity index is 2.20. The van der Waals surface area contributed by atoms with E-state index in [0.717, 1.165) is 0 Å². The molecule has 3 aromatic rings. The lowest BCUT2D eigenvalue weighted by Crippen LogP contribution is -2.05. The van der Waals surface area contributed by atoms with Crippen molar-refractivity contribution in [2.45, 2.75) is 13.0 Å². The number of furan rings is 1. The monoisotopic (exact) mass is 282 g/mol. The summed E-state index contributed by atoms with van der Waals surface area (Å²) in [6, 6.07) is 13.2. The molecule has 0 saturated heterocycles. The van der Waals surface area contributed by atoms with Crippen molar-refractivity contribution in [1.82, 2.24) is 0 Å². The zero-order chi connectivity index (χ0) is 15.0. The van der Waals surface area contributed by atoms with Crippen molar-refractivity contribution in [3.63, 3.8) is 0 Å². The van der Waals surface area contributed by atoms with E-state index in [2.05, 4.69) is 0 Å². The van der Waals surface area contributed by atoms with Crippen LogP contribution in [0.3, 0.4) is 0 Å². The number of rotatable bonds is 3. The van der Waals surface area contributed by atoms with Crippen LogP contribution in [0.2, 0.25) is 0 Å². The van der Waals surface area contributed by atoms with Gasteiger partial charge in [0.15, 0.2) is 5.78 Å². The molecule has 3 rings (SSSR count). The number of hydrogen-bond donors (Lipinski definition) is 2. The van der Waals surface area contributed by atoms with Gasteiger partial charge in [0, 0.05) is 10.9 Å². The lowest BCUT2D eigenvalue weighted by molar-refractivity contribution is 0.102. The van der Waals surface area contributed by atoms with Crippen LogP contribution in [-0.2, 0) is 0 Å². The minimum atomic E-state index is -0.881. The molecule has 1 heterocycles. The normalized spacial score (nSPS) is 12.5. The molecule has 106 valence electrons. The molecule has 21 heavy (non-hydrogen) atoms. The van der Waals surface area contributed by atoms with E-state index in [1.165, 1.54) is 12.1 Å². The van der Waals surface area contributed by atoms with Crippen molar-refractivity contribution in [2.75, 3.05) is 0 Å². The lowest BCUT2D eigenvalue weighted by Gasteiger charge is -2.05. The molecule has 0 amide bonds. The lowest BCUT2D eigenvalue weighted by atomic mass is 9.98. The predicted molar refractivity (Wildman–Crippen MR) is 78.4 cm³/mol. The topological polar surface area (TPSA) is 70.7 Å². The molecule has 0 aliphatic heterocycles. The Bertz CT molecular complexity index is 797. The molecule has 0 aliphatic rings. The van der Waals surface area contributed by atoms with Crippen LogP contribution < -0.4 is 0 Å². The highest BCUT2D eigenvalue weighted by atomic mass is 16.4. The van der Waals surface area contributed by atoms with Crippen molar-refractivity contribution in [2.24, 2.45) is 0 Å². The predicted octanol–water partition coefficient (Wildman–Crippen LogP) is 3.42. The zero-order valence-corrected chi connectivity index (χ0v) is 11.4. The van der Waals surface area contributed by atoms with Gasteiger partial charge in [0.25, 0.3) is 0 Å². The largest absolute Gasteiger partial charge is 0.508 e. The summed E-state index contributed by atoms with van der Waals surface area (Å²) >= 11 is 0. The summed E-state index contributed by atoms with van der Waals surface area (Å²) in [7, 11) is 0. The molecular formula is C17H14O4. The molecule has 4 nitrogen and oxygen atoms in total. The van der Waals surface area contributed by atoms with Gasteiger partial charge in [0.05, 0.1) is 5.56 Å². The number of carbonyl (C=O) groups excluding carboxylic acids is 1. The van der Waals surface area contributed by atoms with Gasteiger partial charge in [-0.25, -0.2) is 0 Å². The number of aliphatic hydroxyl groups excluding tert-OH is 1. The number of phenols is 1. The maximum absolute atomic E-state index is 12.7. The molecule has 0 fully saturated rings. The van der Waals surface area contributed by atoms with E-state index in [4.69, 9.17) is 4.42 Å². The van der Waals surface area contributed by atoms with Crippen molar-refractivity contribution in [1.29, 1.82) is 0 Å². The third-order valence-corrected chi connectivity index (χ3v) is 3.36. The Morgan fingerprint density at radius 1 is 1.10 bits per heavy atom. The summed E-state index contributed by atoms with van der Waals surface area (Å²) in [4.78, 5) is 12.7. The second kappa shape index (κ2) is 5.07. The van der Waals surface area contributed by atoms with Crippen LogP contribution in [-0.4, -0.2) is 16.0 Å². The summed E-state index contributed by atoms with van der Waals surface area (Å²) in [5, 5.41) is 19.8. The highest BCUT2D eigenvalue weighted by Crippen LogP contribution is 2.32. The molecule has 0 saturated carbocycles. The number of benzene rings is 2. The molecule has 2 N–H and O–H groups in total. The maximum atomic E-state index is 12.7. The number of aromatic hydroxyl groups is 1. The van der Waals surface area contributed by atoms with Gasteiger partial charge in [0.2, 0.25) is 0 Å². The van der Waals surface area contributed by atoms with E-state index in [9.17, 15) is 15.0 Å². The maximum Gasteiger partial charge on any atom is 0.197 e. The first-order valence-electron chi connectivity index (χ1n) is 6.61. The zero-order valence-electron chi connectivity index (χ0n) is 11.4. The third-order valence-electron chi connectivity index (χ3n) is 3.36. The molecule has 2 aromatic carbocycles. The van der Waals surface area contributed by atoms with Gasteiger partial charge in [-0.05, 0) is 37.3 Å². The fraction of sp³-hybridized carbons (Fsp3) is 0.118. The Morgan fingerprint density at radius 2 is 1.76 bits per heavy atom. The molecule has 0 radical (unpaired) electrons. The average Bonchev–Trinajstić information content (AvgIpc) is 2.87. The highest BCUT2D eigenvalue weighted by Gasteiger charge is 2.24. The summed E-state index contributed by atoms with van der Waals surface area (Å²) in [5.41, 5.74) is 1.36. The van der Waals surface area contributed by atoms with Crippen molar-refractivity contribution in [3.05, 3.63) is 65.4 Å². The van der Waals surface area contributed by atoms with E-state index >= 15 is 0 Å². The van der Waals surface area contributed by atoms with Gasteiger partial charge >= 0.3 is 0 Å². The minimum Gasteiger partial charge on any atom is -0.508 e. The first-order valence-corrected chi connectivity index (χ1v) is 6.61. The van der Waals surface area contributed by atoms with Gasteiger partial charge in [-0.1, -0.05) is 18.2 Å². The highest BCUT2D eigenvalue weighted by molar-refractivity contribution is 6.16. The van der Waals surface area contributed by atoms with E-state index in [1.54, 1.807) is 31.2 Å². The van der Waals surface area contributed by atoms with Gasteiger partial charge in [-0.3, -0.25) is 4.79 Å². The fourth-order valence-electron chi connectivity index (χ4n) is 2.35. The van der Waals surface area contributed by atoms with Gasteiger partial charge in [-0.2, -0.15) is 0 Å². The van der Waals surface area contributed by atoms with Gasteiger partial charge < -0.3 is 14.6 Å². The van der Waals surface area contributed by atoms with Gasteiger partial charge in [-0.15, -0.1) is 0 Å². The molecule has 0 bridgehead atoms. The quantitative estimate of drug-likeness (QED) is 0.722. The number of hydrogen-bond acceptors (Lipinski definition) is 4. The first kappa shape index (κ1) is 13.4. The van der Waals surface area contributed by atoms with Crippen LogP contribution in [0, 0.1) is 0 Å². The first-order chi connectivity index (χ1) is 10.1. The van der Waals surface area contributed by atoms with E-state index < -0.39 is 6.10 Å². The molecule has 4 heteroatoms. The Morgan fingerprint density at radius 3 is 2.43 bits per heavy atom. The van der Waals surface area contributed by atoms with Crippen molar-refractivity contribution < 1.29 is 19.4 Å². The molecule has 1 unspecified atom stereocenters. The summed E-state index contributed by atoms with van der Waals surface area (Å²) < 4.78 is 5.61. The number of fused-ring (bicyclic) bond motifs is 1. The van der Waals surface area contributed by atoms with Crippen molar-refractivity contribution >= 4 is 16.8 Å². The van der Waals surface area contributed by atoms with Crippen LogP contribution in [0.1, 0.15) is 34.7 Å². The number of carbonyl (C=O) groups is 1. The van der Waals surface area contributed by atoms with Crippen molar-refractivity contribution in [3.8, 4) is 5.75 Å². The molecular weight excluding hydrogens is 268 g/mol. The molecule has 0 spiro atoms. The smallest absolute Gasteiger partial charge is 0.197 e. The average molecular weight is 282 g/mol. The van der Waals surface area contributed by atoms with Crippen LogP contribution in [0.4, 0.5) is 0 Å². The number of para-hydroxylation sites is 1. The standard InChI is InChI=1S/C17H14O4/c1-10(18)17-15(13-4-2-3-5-14(13)21-17)16(20)11-6-8-12(19)9-7-11/h2-10,18-19H,1H3. The summed E-state index contributed by atoms with van der Waals surface area (Å²) in [6.07, 6.45) is -0.881. The second-order valence-corrected chi connectivity index (χ2v) is 4.89.